The Hall–Kier alpha value is -2.06. The van der Waals surface area contributed by atoms with Gasteiger partial charge in [0.1, 0.15) is 0 Å². The SMILES string of the molecule is CCCCCCc1cc(-n2c(C3CC3)cc3ccccc32)c2s[13cH]cc2c1. The van der Waals surface area contributed by atoms with Gasteiger partial charge in [0.2, 0.25) is 0 Å². The first-order valence-corrected chi connectivity index (χ1v) is 11.3. The maximum Gasteiger partial charge on any atom is 0.0639 e. The Morgan fingerprint density at radius 2 is 1.85 bits per heavy atom. The maximum atomic E-state index is 2.57. The molecule has 0 radical (unpaired) electrons. The highest BCUT2D eigenvalue weighted by molar-refractivity contribution is 7.17. The Bertz CT molecular complexity index is 1080. The van der Waals surface area contributed by atoms with Crippen molar-refractivity contribution < 1.29 is 0 Å². The van der Waals surface area contributed by atoms with E-state index >= 15 is 0 Å². The monoisotopic (exact) mass is 374 g/mol. The highest BCUT2D eigenvalue weighted by Crippen LogP contribution is 2.44. The van der Waals surface area contributed by atoms with E-state index in [9.17, 15) is 0 Å². The first-order valence-electron chi connectivity index (χ1n) is 10.5. The lowest BCUT2D eigenvalue weighted by Gasteiger charge is -2.14. The molecule has 2 aromatic carbocycles. The standard InChI is InChI=1S/C25H27NS/c1-2-3-4-5-8-18-15-21-13-14-27-25(21)24(16-18)26-22-10-7-6-9-20(22)17-23(26)19-11-12-19/h6-7,9-10,13-17,19H,2-5,8,11-12H2,1H3/i14+1. The van der Waals surface area contributed by atoms with Crippen LogP contribution < -0.4 is 0 Å². The number of para-hydroxylation sites is 1. The van der Waals surface area contributed by atoms with Crippen LogP contribution in [0.15, 0.2) is 53.9 Å². The second-order valence-corrected chi connectivity index (χ2v) is 8.92. The maximum absolute atomic E-state index is 2.57. The van der Waals surface area contributed by atoms with Crippen LogP contribution in [0.2, 0.25) is 0 Å². The second-order valence-electron chi connectivity index (χ2n) is 8.00. The van der Waals surface area contributed by atoms with Gasteiger partial charge in [-0.3, -0.25) is 0 Å². The van der Waals surface area contributed by atoms with Crippen molar-refractivity contribution in [1.29, 1.82) is 0 Å². The molecule has 0 saturated heterocycles. The number of aryl methyl sites for hydroxylation is 1. The van der Waals surface area contributed by atoms with Gasteiger partial charge in [-0.2, -0.15) is 0 Å². The van der Waals surface area contributed by atoms with Crippen molar-refractivity contribution in [2.75, 3.05) is 0 Å². The van der Waals surface area contributed by atoms with Gasteiger partial charge in [-0.1, -0.05) is 50.5 Å². The Kier molecular flexibility index (Phi) is 4.53. The third-order valence-electron chi connectivity index (χ3n) is 5.89. The van der Waals surface area contributed by atoms with Crippen LogP contribution in [0.4, 0.5) is 0 Å². The van der Waals surface area contributed by atoms with E-state index in [4.69, 9.17) is 0 Å². The number of aromatic nitrogens is 1. The third-order valence-corrected chi connectivity index (χ3v) is 6.84. The summed E-state index contributed by atoms with van der Waals surface area (Å²) in [5.74, 6) is 0.737. The number of fused-ring (bicyclic) bond motifs is 2. The van der Waals surface area contributed by atoms with Crippen molar-refractivity contribution in [2.24, 2.45) is 0 Å². The van der Waals surface area contributed by atoms with E-state index in [0.717, 1.165) is 5.92 Å². The molecule has 2 aromatic heterocycles. The van der Waals surface area contributed by atoms with Crippen molar-refractivity contribution in [3.05, 3.63) is 65.2 Å². The van der Waals surface area contributed by atoms with Crippen molar-refractivity contribution in [1.82, 2.24) is 4.57 Å². The summed E-state index contributed by atoms with van der Waals surface area (Å²) in [6.07, 6.45) is 9.15. The van der Waals surface area contributed by atoms with E-state index in [0.29, 0.717) is 0 Å². The van der Waals surface area contributed by atoms with Crippen molar-refractivity contribution in [3.8, 4) is 5.69 Å². The molecule has 0 bridgehead atoms. The molecule has 5 rings (SSSR count). The molecular weight excluding hydrogens is 347 g/mol. The summed E-state index contributed by atoms with van der Waals surface area (Å²) in [7, 11) is 0. The third kappa shape index (κ3) is 3.21. The van der Waals surface area contributed by atoms with Crippen molar-refractivity contribution in [3.63, 3.8) is 0 Å². The van der Waals surface area contributed by atoms with Gasteiger partial charge in [0.15, 0.2) is 0 Å². The first kappa shape index (κ1) is 17.1. The van der Waals surface area contributed by atoms with E-state index in [-0.39, 0.29) is 0 Å². The average Bonchev–Trinajstić information content (AvgIpc) is 3.30. The number of rotatable bonds is 7. The van der Waals surface area contributed by atoms with Crippen LogP contribution >= 0.6 is 11.3 Å². The van der Waals surface area contributed by atoms with Gasteiger partial charge >= 0.3 is 0 Å². The molecule has 0 amide bonds. The second kappa shape index (κ2) is 7.16. The number of unbranched alkanes of at least 4 members (excludes halogenated alkanes) is 3. The summed E-state index contributed by atoms with van der Waals surface area (Å²) in [5, 5.41) is 5.03. The fourth-order valence-corrected chi connectivity index (χ4v) is 5.20. The minimum absolute atomic E-state index is 0.737. The van der Waals surface area contributed by atoms with Crippen LogP contribution in [0.3, 0.4) is 0 Å². The molecule has 2 heteroatoms. The molecule has 138 valence electrons. The quantitative estimate of drug-likeness (QED) is 0.290. The minimum Gasteiger partial charge on any atom is -0.312 e. The van der Waals surface area contributed by atoms with E-state index in [1.54, 1.807) is 0 Å². The molecule has 27 heavy (non-hydrogen) atoms. The zero-order chi connectivity index (χ0) is 18.2. The lowest BCUT2D eigenvalue weighted by molar-refractivity contribution is 0.667. The molecule has 2 heterocycles. The Morgan fingerprint density at radius 1 is 0.963 bits per heavy atom. The largest absolute Gasteiger partial charge is 0.312 e. The van der Waals surface area contributed by atoms with Gasteiger partial charge in [0, 0.05) is 11.1 Å². The molecular formula is C25H27NS. The molecule has 1 aliphatic carbocycles. The molecule has 1 saturated carbocycles. The number of hydrogen-bond donors (Lipinski definition) is 0. The highest BCUT2D eigenvalue weighted by atomic mass is 32.1. The summed E-state index contributed by atoms with van der Waals surface area (Å²) >= 11 is 1.88. The predicted molar refractivity (Wildman–Crippen MR) is 118 cm³/mol. The number of benzene rings is 2. The number of thiophene rings is 1. The van der Waals surface area contributed by atoms with E-state index < -0.39 is 0 Å². The van der Waals surface area contributed by atoms with Crippen LogP contribution in [-0.4, -0.2) is 4.57 Å². The van der Waals surface area contributed by atoms with Gasteiger partial charge in [0.05, 0.1) is 15.9 Å². The molecule has 4 aromatic rings. The van der Waals surface area contributed by atoms with Gasteiger partial charge in [-0.25, -0.2) is 0 Å². The molecule has 0 atom stereocenters. The lowest BCUT2D eigenvalue weighted by Crippen LogP contribution is -2.00. The van der Waals surface area contributed by atoms with Crippen LogP contribution in [0.25, 0.3) is 26.7 Å². The molecule has 0 spiro atoms. The smallest absolute Gasteiger partial charge is 0.0639 e. The van der Waals surface area contributed by atoms with E-state index in [2.05, 4.69) is 65.4 Å². The van der Waals surface area contributed by atoms with Crippen molar-refractivity contribution in [2.45, 2.75) is 57.8 Å². The zero-order valence-electron chi connectivity index (χ0n) is 16.1. The Labute approximate surface area is 165 Å². The normalized spacial score (nSPS) is 14.4. The predicted octanol–water partition coefficient (Wildman–Crippen LogP) is 7.85. The summed E-state index contributed by atoms with van der Waals surface area (Å²) < 4.78 is 4.00. The molecule has 0 N–H and O–H groups in total. The Balaban J connectivity index is 1.65. The first-order chi connectivity index (χ1) is 13.3. The topological polar surface area (TPSA) is 4.93 Å². The van der Waals surface area contributed by atoms with Crippen LogP contribution in [0.1, 0.15) is 62.6 Å². The summed E-state index contributed by atoms with van der Waals surface area (Å²) in [4.78, 5) is 0. The fraction of sp³-hybridized carbons (Fsp3) is 0.360. The van der Waals surface area contributed by atoms with Gasteiger partial charge in [-0.15, -0.1) is 11.3 Å². The molecule has 1 fully saturated rings. The zero-order valence-corrected chi connectivity index (χ0v) is 16.9. The van der Waals surface area contributed by atoms with Gasteiger partial charge < -0.3 is 4.57 Å². The minimum atomic E-state index is 0.737. The summed E-state index contributed by atoms with van der Waals surface area (Å²) in [6.45, 7) is 2.28. The van der Waals surface area contributed by atoms with Crippen LogP contribution in [-0.2, 0) is 6.42 Å². The molecule has 0 aliphatic heterocycles. The Morgan fingerprint density at radius 3 is 2.70 bits per heavy atom. The highest BCUT2D eigenvalue weighted by Gasteiger charge is 2.29. The van der Waals surface area contributed by atoms with E-state index in [1.807, 2.05) is 11.3 Å². The van der Waals surface area contributed by atoms with Gasteiger partial charge in [0.25, 0.3) is 0 Å². The van der Waals surface area contributed by atoms with Crippen LogP contribution in [0.5, 0.6) is 0 Å². The average molecular weight is 375 g/mol. The lowest BCUT2D eigenvalue weighted by atomic mass is 10.0. The molecule has 1 nitrogen and oxygen atoms in total. The molecule has 0 unspecified atom stereocenters. The van der Waals surface area contributed by atoms with Crippen molar-refractivity contribution >= 4 is 32.3 Å². The summed E-state index contributed by atoms with van der Waals surface area (Å²) in [6, 6.07) is 18.5. The van der Waals surface area contributed by atoms with Gasteiger partial charge in [-0.05, 0) is 72.2 Å². The number of nitrogens with zero attached hydrogens (tertiary/aromatic N) is 1. The summed E-state index contributed by atoms with van der Waals surface area (Å²) in [5.41, 5.74) is 5.76. The van der Waals surface area contributed by atoms with Crippen LogP contribution in [0, 0.1) is 0 Å². The molecule has 1 aliphatic rings. The fourth-order valence-electron chi connectivity index (χ4n) is 4.31. The van der Waals surface area contributed by atoms with E-state index in [1.165, 1.54) is 82.9 Å². The number of hydrogen-bond acceptors (Lipinski definition) is 1.